The van der Waals surface area contributed by atoms with E-state index in [9.17, 15) is 0 Å². The molecular weight excluding hydrogens is 200 g/mol. The average molecular weight is 219 g/mol. The Morgan fingerprint density at radius 3 is 2.64 bits per heavy atom. The van der Waals surface area contributed by atoms with E-state index in [1.165, 1.54) is 32.1 Å². The molecule has 0 aromatic carbocycles. The van der Waals surface area contributed by atoms with E-state index >= 15 is 0 Å². The summed E-state index contributed by atoms with van der Waals surface area (Å²) >= 11 is 3.70. The first-order chi connectivity index (χ1) is 5.24. The molecule has 0 nitrogen and oxygen atoms in total. The van der Waals surface area contributed by atoms with Crippen LogP contribution in [0.5, 0.6) is 0 Å². The Bertz CT molecular complexity index is 111. The van der Waals surface area contributed by atoms with Crippen molar-refractivity contribution in [1.82, 2.24) is 0 Å². The van der Waals surface area contributed by atoms with Crippen molar-refractivity contribution >= 4 is 15.9 Å². The number of alkyl halides is 1. The van der Waals surface area contributed by atoms with Crippen LogP contribution >= 0.6 is 15.9 Å². The van der Waals surface area contributed by atoms with Crippen LogP contribution in [-0.4, -0.2) is 4.83 Å². The lowest BCUT2D eigenvalue weighted by Crippen LogP contribution is -2.07. The molecule has 0 saturated heterocycles. The molecule has 0 aromatic rings. The van der Waals surface area contributed by atoms with Gasteiger partial charge in [0.15, 0.2) is 0 Å². The Balaban J connectivity index is 2.25. The fourth-order valence-electron chi connectivity index (χ4n) is 2.17. The lowest BCUT2D eigenvalue weighted by atomic mass is 9.89. The van der Waals surface area contributed by atoms with E-state index in [2.05, 4.69) is 29.8 Å². The molecule has 0 radical (unpaired) electrons. The smallest absolute Gasteiger partial charge is 0.0148 e. The van der Waals surface area contributed by atoms with Crippen molar-refractivity contribution < 1.29 is 0 Å². The summed E-state index contributed by atoms with van der Waals surface area (Å²) in [5.41, 5.74) is 0. The molecule has 0 amide bonds. The molecule has 1 saturated carbocycles. The van der Waals surface area contributed by atoms with E-state index < -0.39 is 0 Å². The van der Waals surface area contributed by atoms with Gasteiger partial charge in [0.2, 0.25) is 0 Å². The molecule has 0 bridgehead atoms. The summed E-state index contributed by atoms with van der Waals surface area (Å²) in [6, 6.07) is 0. The molecule has 1 heteroatoms. The Hall–Kier alpha value is 0.480. The first-order valence-corrected chi connectivity index (χ1v) is 5.79. The van der Waals surface area contributed by atoms with Crippen molar-refractivity contribution in [2.45, 2.75) is 50.8 Å². The van der Waals surface area contributed by atoms with Gasteiger partial charge in [0.25, 0.3) is 0 Å². The fourth-order valence-corrected chi connectivity index (χ4v) is 2.91. The topological polar surface area (TPSA) is 0 Å². The Morgan fingerprint density at radius 1 is 1.45 bits per heavy atom. The summed E-state index contributed by atoms with van der Waals surface area (Å²) in [6.07, 6.45) is 7.05. The van der Waals surface area contributed by atoms with E-state index in [1.807, 2.05) is 0 Å². The zero-order chi connectivity index (χ0) is 8.27. The molecule has 0 aliphatic heterocycles. The molecule has 1 aliphatic rings. The average Bonchev–Trinajstić information content (AvgIpc) is 2.36. The number of hydrogen-bond donors (Lipinski definition) is 0. The molecule has 1 fully saturated rings. The highest BCUT2D eigenvalue weighted by atomic mass is 79.9. The normalized spacial score (nSPS) is 34.1. The largest absolute Gasteiger partial charge is 0.0891 e. The van der Waals surface area contributed by atoms with Gasteiger partial charge in [-0.3, -0.25) is 0 Å². The predicted molar refractivity (Wildman–Crippen MR) is 54.1 cm³/mol. The van der Waals surface area contributed by atoms with Gasteiger partial charge in [0, 0.05) is 4.83 Å². The second-order valence-corrected chi connectivity index (χ2v) is 5.23. The van der Waals surface area contributed by atoms with E-state index in [0.29, 0.717) is 0 Å². The quantitative estimate of drug-likeness (QED) is 0.629. The summed E-state index contributed by atoms with van der Waals surface area (Å²) in [4.78, 5) is 0.826. The highest BCUT2D eigenvalue weighted by Gasteiger charge is 2.26. The summed E-state index contributed by atoms with van der Waals surface area (Å²) in [7, 11) is 0. The molecule has 3 unspecified atom stereocenters. The SMILES string of the molecule is CCCC(C)C1CCC(Br)C1. The van der Waals surface area contributed by atoms with Crippen LogP contribution in [-0.2, 0) is 0 Å². The van der Waals surface area contributed by atoms with Gasteiger partial charge in [0.1, 0.15) is 0 Å². The van der Waals surface area contributed by atoms with Gasteiger partial charge in [-0.1, -0.05) is 42.6 Å². The van der Waals surface area contributed by atoms with Gasteiger partial charge in [-0.25, -0.2) is 0 Å². The Morgan fingerprint density at radius 2 is 2.18 bits per heavy atom. The molecule has 1 aliphatic carbocycles. The molecule has 0 N–H and O–H groups in total. The van der Waals surface area contributed by atoms with Crippen LogP contribution < -0.4 is 0 Å². The van der Waals surface area contributed by atoms with Crippen LogP contribution in [0.2, 0.25) is 0 Å². The second-order valence-electron chi connectivity index (χ2n) is 3.94. The molecule has 0 aromatic heterocycles. The van der Waals surface area contributed by atoms with E-state index in [4.69, 9.17) is 0 Å². The number of rotatable bonds is 3. The van der Waals surface area contributed by atoms with E-state index in [1.54, 1.807) is 0 Å². The lowest BCUT2D eigenvalue weighted by molar-refractivity contribution is 0.344. The summed E-state index contributed by atoms with van der Waals surface area (Å²) in [5, 5.41) is 0. The van der Waals surface area contributed by atoms with Crippen LogP contribution in [0.1, 0.15) is 46.0 Å². The summed E-state index contributed by atoms with van der Waals surface area (Å²) < 4.78 is 0. The third-order valence-electron chi connectivity index (χ3n) is 2.96. The molecular formula is C10H19Br. The van der Waals surface area contributed by atoms with Crippen molar-refractivity contribution in [2.75, 3.05) is 0 Å². The lowest BCUT2D eigenvalue weighted by Gasteiger charge is -2.17. The zero-order valence-electron chi connectivity index (χ0n) is 7.65. The standard InChI is InChI=1S/C10H19Br/c1-3-4-8(2)9-5-6-10(11)7-9/h8-10H,3-7H2,1-2H3. The minimum Gasteiger partial charge on any atom is -0.0891 e. The van der Waals surface area contributed by atoms with Crippen molar-refractivity contribution in [1.29, 1.82) is 0 Å². The first kappa shape index (κ1) is 9.57. The van der Waals surface area contributed by atoms with Crippen molar-refractivity contribution in [3.05, 3.63) is 0 Å². The third kappa shape index (κ3) is 2.77. The summed E-state index contributed by atoms with van der Waals surface area (Å²) in [6.45, 7) is 4.70. The minimum absolute atomic E-state index is 0.826. The molecule has 3 atom stereocenters. The molecule has 11 heavy (non-hydrogen) atoms. The van der Waals surface area contributed by atoms with Crippen molar-refractivity contribution in [2.24, 2.45) is 11.8 Å². The zero-order valence-corrected chi connectivity index (χ0v) is 9.23. The molecule has 66 valence electrons. The van der Waals surface area contributed by atoms with Crippen LogP contribution in [0.4, 0.5) is 0 Å². The van der Waals surface area contributed by atoms with Gasteiger partial charge < -0.3 is 0 Å². The summed E-state index contributed by atoms with van der Waals surface area (Å²) in [5.74, 6) is 1.97. The molecule has 0 heterocycles. The fraction of sp³-hybridized carbons (Fsp3) is 1.00. The second kappa shape index (κ2) is 4.49. The van der Waals surface area contributed by atoms with Gasteiger partial charge in [-0.2, -0.15) is 0 Å². The maximum Gasteiger partial charge on any atom is 0.0148 e. The monoisotopic (exact) mass is 218 g/mol. The van der Waals surface area contributed by atoms with Gasteiger partial charge >= 0.3 is 0 Å². The number of halogens is 1. The molecule has 1 rings (SSSR count). The van der Waals surface area contributed by atoms with Crippen LogP contribution in [0, 0.1) is 11.8 Å². The van der Waals surface area contributed by atoms with Crippen molar-refractivity contribution in [3.63, 3.8) is 0 Å². The van der Waals surface area contributed by atoms with Crippen molar-refractivity contribution in [3.8, 4) is 0 Å². The first-order valence-electron chi connectivity index (χ1n) is 4.88. The highest BCUT2D eigenvalue weighted by Crippen LogP contribution is 2.36. The van der Waals surface area contributed by atoms with E-state index in [-0.39, 0.29) is 0 Å². The van der Waals surface area contributed by atoms with E-state index in [0.717, 1.165) is 16.7 Å². The van der Waals surface area contributed by atoms with Gasteiger partial charge in [-0.15, -0.1) is 0 Å². The van der Waals surface area contributed by atoms with Gasteiger partial charge in [-0.05, 0) is 31.1 Å². The third-order valence-corrected chi connectivity index (χ3v) is 3.79. The van der Waals surface area contributed by atoms with Crippen LogP contribution in [0.15, 0.2) is 0 Å². The van der Waals surface area contributed by atoms with Gasteiger partial charge in [0.05, 0.1) is 0 Å². The Labute approximate surface area is 78.9 Å². The number of hydrogen-bond acceptors (Lipinski definition) is 0. The minimum atomic E-state index is 0.826. The predicted octanol–water partition coefficient (Wildman–Crippen LogP) is 3.99. The maximum atomic E-state index is 3.70. The highest BCUT2D eigenvalue weighted by molar-refractivity contribution is 9.09. The Kier molecular flexibility index (Phi) is 3.91. The molecule has 0 spiro atoms. The van der Waals surface area contributed by atoms with Crippen LogP contribution in [0.25, 0.3) is 0 Å². The van der Waals surface area contributed by atoms with Crippen LogP contribution in [0.3, 0.4) is 0 Å². The maximum absolute atomic E-state index is 3.70.